The maximum atomic E-state index is 2.21. The van der Waals surface area contributed by atoms with Gasteiger partial charge in [-0.3, -0.25) is 0 Å². The molecule has 0 aliphatic heterocycles. The summed E-state index contributed by atoms with van der Waals surface area (Å²) in [5.41, 5.74) is 2.72. The third-order valence-corrected chi connectivity index (χ3v) is 1.88. The van der Waals surface area contributed by atoms with E-state index in [1.165, 1.54) is 24.0 Å². The predicted octanol–water partition coefficient (Wildman–Crippen LogP) is 3.79. The first-order valence-corrected chi connectivity index (χ1v) is 4.55. The van der Waals surface area contributed by atoms with Crippen molar-refractivity contribution in [1.29, 1.82) is 0 Å². The zero-order valence-electron chi connectivity index (χ0n) is 7.88. The second-order valence-corrected chi connectivity index (χ2v) is 3.12. The molecule has 0 heterocycles. The molecule has 0 aromatic heterocycles. The van der Waals surface area contributed by atoms with Gasteiger partial charge in [0.15, 0.2) is 0 Å². The van der Waals surface area contributed by atoms with Crippen LogP contribution in [0, 0.1) is 0 Å². The van der Waals surface area contributed by atoms with Crippen LogP contribution in [0.5, 0.6) is 0 Å². The molecule has 1 rings (SSSR count). The monoisotopic (exact) mass is 160 g/mol. The van der Waals surface area contributed by atoms with Crippen molar-refractivity contribution in [3.8, 4) is 0 Å². The van der Waals surface area contributed by atoms with Gasteiger partial charge in [0.1, 0.15) is 0 Å². The van der Waals surface area contributed by atoms with Crippen LogP contribution < -0.4 is 0 Å². The van der Waals surface area contributed by atoms with Gasteiger partial charge in [-0.15, -0.1) is 0 Å². The van der Waals surface area contributed by atoms with Crippen LogP contribution in [0.1, 0.15) is 26.7 Å². The van der Waals surface area contributed by atoms with E-state index in [1.54, 1.807) is 0 Å². The molecule has 0 saturated heterocycles. The number of hydrogen-bond acceptors (Lipinski definition) is 0. The molecule has 64 valence electrons. The van der Waals surface area contributed by atoms with Gasteiger partial charge in [0.25, 0.3) is 0 Å². The van der Waals surface area contributed by atoms with Gasteiger partial charge in [-0.1, -0.05) is 55.4 Å². The largest absolute Gasteiger partial charge is 0.0651 e. The molecular formula is C12H16. The summed E-state index contributed by atoms with van der Waals surface area (Å²) in [6.45, 7) is 4.32. The van der Waals surface area contributed by atoms with Crippen molar-refractivity contribution in [2.24, 2.45) is 0 Å². The molecule has 12 heavy (non-hydrogen) atoms. The molecule has 0 bridgehead atoms. The highest BCUT2D eigenvalue weighted by molar-refractivity contribution is 5.34. The molecule has 0 nitrogen and oxygen atoms in total. The van der Waals surface area contributed by atoms with Crippen molar-refractivity contribution in [2.45, 2.75) is 26.7 Å². The predicted molar refractivity (Wildman–Crippen MR) is 55.0 cm³/mol. The van der Waals surface area contributed by atoms with Crippen molar-refractivity contribution in [3.63, 3.8) is 0 Å². The van der Waals surface area contributed by atoms with Crippen molar-refractivity contribution in [1.82, 2.24) is 0 Å². The summed E-state index contributed by atoms with van der Waals surface area (Å²) in [5, 5.41) is 0. The SMILES string of the molecule is CCCC1=CC=CC(C)=CC=C1. The van der Waals surface area contributed by atoms with Gasteiger partial charge in [0.05, 0.1) is 0 Å². The van der Waals surface area contributed by atoms with Gasteiger partial charge in [-0.05, 0) is 18.9 Å². The number of rotatable bonds is 2. The number of hydrogen-bond donors (Lipinski definition) is 0. The average Bonchev–Trinajstić information content (AvgIpc) is 2.00. The summed E-state index contributed by atoms with van der Waals surface area (Å²) >= 11 is 0. The molecule has 0 spiro atoms. The van der Waals surface area contributed by atoms with E-state index in [-0.39, 0.29) is 0 Å². The highest BCUT2D eigenvalue weighted by atomic mass is 14.0. The summed E-state index contributed by atoms with van der Waals surface area (Å²) < 4.78 is 0. The smallest absolute Gasteiger partial charge is 0.0281 e. The summed E-state index contributed by atoms with van der Waals surface area (Å²) in [6, 6.07) is 0. The molecule has 0 N–H and O–H groups in total. The standard InChI is InChI=1S/C12H16/c1-3-6-12-9-4-7-11(2)8-5-10-12/h4-5,7-10H,3,6H2,1-2H3. The van der Waals surface area contributed by atoms with E-state index in [4.69, 9.17) is 0 Å². The molecule has 1 aliphatic rings. The van der Waals surface area contributed by atoms with Crippen molar-refractivity contribution >= 4 is 0 Å². The maximum absolute atomic E-state index is 2.21. The van der Waals surface area contributed by atoms with Crippen LogP contribution in [0.4, 0.5) is 0 Å². The molecule has 1 aliphatic carbocycles. The highest BCUT2D eigenvalue weighted by Gasteiger charge is 1.89. The zero-order valence-corrected chi connectivity index (χ0v) is 7.88. The Balaban J connectivity index is 2.69. The Morgan fingerprint density at radius 2 is 1.83 bits per heavy atom. The van der Waals surface area contributed by atoms with Gasteiger partial charge >= 0.3 is 0 Å². The summed E-state index contributed by atoms with van der Waals surface area (Å²) in [4.78, 5) is 0. The lowest BCUT2D eigenvalue weighted by Gasteiger charge is -1.99. The Labute approximate surface area is 75.0 Å². The van der Waals surface area contributed by atoms with Crippen LogP contribution in [0.2, 0.25) is 0 Å². The normalized spacial score (nSPS) is 16.5. The first-order valence-electron chi connectivity index (χ1n) is 4.55. The topological polar surface area (TPSA) is 0 Å². The second-order valence-electron chi connectivity index (χ2n) is 3.12. The average molecular weight is 160 g/mol. The van der Waals surface area contributed by atoms with Crippen LogP contribution in [-0.2, 0) is 0 Å². The zero-order chi connectivity index (χ0) is 8.81. The molecule has 0 unspecified atom stereocenters. The lowest BCUT2D eigenvalue weighted by atomic mass is 10.1. The fourth-order valence-electron chi connectivity index (χ4n) is 1.21. The van der Waals surface area contributed by atoms with E-state index in [9.17, 15) is 0 Å². The molecule has 0 atom stereocenters. The first kappa shape index (κ1) is 9.05. The van der Waals surface area contributed by atoms with Crippen LogP contribution >= 0.6 is 0 Å². The van der Waals surface area contributed by atoms with Crippen molar-refractivity contribution < 1.29 is 0 Å². The van der Waals surface area contributed by atoms with E-state index in [0.717, 1.165) is 0 Å². The molecule has 0 aromatic carbocycles. The fraction of sp³-hybridized carbons (Fsp3) is 0.333. The van der Waals surface area contributed by atoms with Crippen molar-refractivity contribution in [3.05, 3.63) is 47.6 Å². The molecule has 0 amide bonds. The molecular weight excluding hydrogens is 144 g/mol. The Morgan fingerprint density at radius 3 is 2.58 bits per heavy atom. The van der Waals surface area contributed by atoms with Crippen LogP contribution in [-0.4, -0.2) is 0 Å². The quantitative estimate of drug-likeness (QED) is 0.576. The van der Waals surface area contributed by atoms with E-state index in [1.807, 2.05) is 0 Å². The Hall–Kier alpha value is -1.04. The third kappa shape index (κ3) is 2.91. The van der Waals surface area contributed by atoms with E-state index >= 15 is 0 Å². The minimum absolute atomic E-state index is 1.17. The van der Waals surface area contributed by atoms with Crippen molar-refractivity contribution in [2.75, 3.05) is 0 Å². The Morgan fingerprint density at radius 1 is 1.08 bits per heavy atom. The Kier molecular flexibility index (Phi) is 3.59. The fourth-order valence-corrected chi connectivity index (χ4v) is 1.21. The summed E-state index contributed by atoms with van der Waals surface area (Å²) in [6.07, 6.45) is 15.3. The van der Waals surface area contributed by atoms with E-state index in [0.29, 0.717) is 0 Å². The summed E-state index contributed by atoms with van der Waals surface area (Å²) in [7, 11) is 0. The Bertz CT molecular complexity index is 249. The minimum Gasteiger partial charge on any atom is -0.0651 e. The van der Waals surface area contributed by atoms with Gasteiger partial charge < -0.3 is 0 Å². The summed E-state index contributed by atoms with van der Waals surface area (Å²) in [5.74, 6) is 0. The third-order valence-electron chi connectivity index (χ3n) is 1.88. The van der Waals surface area contributed by atoms with Gasteiger partial charge in [0.2, 0.25) is 0 Å². The molecule has 0 fully saturated rings. The molecule has 0 heteroatoms. The lowest BCUT2D eigenvalue weighted by Crippen LogP contribution is -1.78. The van der Waals surface area contributed by atoms with E-state index in [2.05, 4.69) is 50.3 Å². The van der Waals surface area contributed by atoms with Crippen LogP contribution in [0.3, 0.4) is 0 Å². The minimum atomic E-state index is 1.17. The highest BCUT2D eigenvalue weighted by Crippen LogP contribution is 2.10. The first-order chi connectivity index (χ1) is 5.83. The van der Waals surface area contributed by atoms with Gasteiger partial charge in [-0.25, -0.2) is 0 Å². The molecule has 0 radical (unpaired) electrons. The second kappa shape index (κ2) is 4.76. The van der Waals surface area contributed by atoms with Crippen LogP contribution in [0.15, 0.2) is 47.6 Å². The van der Waals surface area contributed by atoms with Gasteiger partial charge in [-0.2, -0.15) is 0 Å². The van der Waals surface area contributed by atoms with E-state index < -0.39 is 0 Å². The lowest BCUT2D eigenvalue weighted by molar-refractivity contribution is 0.926. The number of allylic oxidation sites excluding steroid dienone is 8. The molecule has 0 saturated carbocycles. The molecule has 0 aromatic rings. The maximum Gasteiger partial charge on any atom is -0.0281 e. The van der Waals surface area contributed by atoms with Gasteiger partial charge in [0, 0.05) is 0 Å². The van der Waals surface area contributed by atoms with Crippen LogP contribution in [0.25, 0.3) is 0 Å².